The highest BCUT2D eigenvalue weighted by Crippen LogP contribution is 2.25. The van der Waals surface area contributed by atoms with E-state index in [2.05, 4.69) is 5.32 Å². The highest BCUT2D eigenvalue weighted by atomic mass is 35.5. The third-order valence-electron chi connectivity index (χ3n) is 4.34. The molecule has 0 spiro atoms. The van der Waals surface area contributed by atoms with E-state index in [1.54, 1.807) is 6.92 Å². The molecule has 1 aromatic carbocycles. The van der Waals surface area contributed by atoms with Gasteiger partial charge in [0.2, 0.25) is 10.0 Å². The van der Waals surface area contributed by atoms with Crippen LogP contribution in [0.3, 0.4) is 0 Å². The summed E-state index contributed by atoms with van der Waals surface area (Å²) in [6.45, 7) is 4.12. The maximum Gasteiger partial charge on any atom is 0.340 e. The lowest BCUT2D eigenvalue weighted by Gasteiger charge is -2.26. The highest BCUT2D eigenvalue weighted by Gasteiger charge is 2.28. The normalized spacial score (nSPS) is 16.0. The second-order valence-corrected chi connectivity index (χ2v) is 8.85. The number of hydrogen-bond acceptors (Lipinski definition) is 6. The van der Waals surface area contributed by atoms with Gasteiger partial charge < -0.3 is 10.1 Å². The molecule has 0 radical (unpaired) electrons. The molecule has 11 heteroatoms. The molecule has 3 amide bonds. The number of sulfonamides is 1. The molecular formula is C18H24ClN3O6S. The molecule has 1 heterocycles. The number of halogens is 1. The molecule has 0 aromatic heterocycles. The van der Waals surface area contributed by atoms with Crippen LogP contribution < -0.4 is 10.6 Å². The van der Waals surface area contributed by atoms with Gasteiger partial charge in [-0.25, -0.2) is 18.0 Å². The summed E-state index contributed by atoms with van der Waals surface area (Å²) in [5, 5.41) is 4.40. The van der Waals surface area contributed by atoms with E-state index in [9.17, 15) is 22.8 Å². The van der Waals surface area contributed by atoms with Crippen LogP contribution in [0.2, 0.25) is 5.02 Å². The lowest BCUT2D eigenvalue weighted by molar-refractivity contribution is -0.127. The molecule has 2 N–H and O–H groups in total. The molecule has 0 saturated carbocycles. The number of carbonyl (C=O) groups excluding carboxylic acids is 3. The average molecular weight is 446 g/mol. The molecule has 1 aliphatic rings. The SMILES string of the molecule is CCNC(=O)NC(=O)[C@@H](C)OC(=O)c1cc(S(=O)(=O)N2CCCCC2)ccc1Cl. The van der Waals surface area contributed by atoms with Gasteiger partial charge in [0.1, 0.15) is 0 Å². The van der Waals surface area contributed by atoms with Gasteiger partial charge in [0.15, 0.2) is 6.10 Å². The number of nitrogens with zero attached hydrogens (tertiary/aromatic N) is 1. The van der Waals surface area contributed by atoms with Crippen LogP contribution in [0.25, 0.3) is 0 Å². The predicted octanol–water partition coefficient (Wildman–Crippen LogP) is 1.91. The van der Waals surface area contributed by atoms with Crippen molar-refractivity contribution in [1.29, 1.82) is 0 Å². The minimum absolute atomic E-state index is 0.0103. The average Bonchev–Trinajstić information content (AvgIpc) is 2.68. The first-order valence-corrected chi connectivity index (χ1v) is 11.1. The molecule has 2 rings (SSSR count). The van der Waals surface area contributed by atoms with Gasteiger partial charge in [-0.2, -0.15) is 4.31 Å². The summed E-state index contributed by atoms with van der Waals surface area (Å²) >= 11 is 6.04. The van der Waals surface area contributed by atoms with E-state index in [0.29, 0.717) is 19.6 Å². The Morgan fingerprint density at radius 3 is 2.48 bits per heavy atom. The lowest BCUT2D eigenvalue weighted by atomic mass is 10.2. The van der Waals surface area contributed by atoms with Crippen molar-refractivity contribution >= 4 is 39.5 Å². The van der Waals surface area contributed by atoms with Crippen LogP contribution in [0.4, 0.5) is 4.79 Å². The fourth-order valence-electron chi connectivity index (χ4n) is 2.77. The lowest BCUT2D eigenvalue weighted by Crippen LogP contribution is -2.44. The third kappa shape index (κ3) is 5.91. The van der Waals surface area contributed by atoms with Crippen molar-refractivity contribution in [2.75, 3.05) is 19.6 Å². The zero-order valence-electron chi connectivity index (χ0n) is 16.2. The van der Waals surface area contributed by atoms with Crippen molar-refractivity contribution in [2.45, 2.75) is 44.1 Å². The van der Waals surface area contributed by atoms with Crippen LogP contribution in [0.5, 0.6) is 0 Å². The Balaban J connectivity index is 2.15. The van der Waals surface area contributed by atoms with Gasteiger partial charge in [-0.15, -0.1) is 0 Å². The fraction of sp³-hybridized carbons (Fsp3) is 0.500. The largest absolute Gasteiger partial charge is 0.449 e. The van der Waals surface area contributed by atoms with E-state index in [4.69, 9.17) is 16.3 Å². The number of carbonyl (C=O) groups is 3. The van der Waals surface area contributed by atoms with Crippen LogP contribution in [0, 0.1) is 0 Å². The first kappa shape index (κ1) is 23.1. The second kappa shape index (κ2) is 10.0. The topological polar surface area (TPSA) is 122 Å². The Morgan fingerprint density at radius 1 is 1.21 bits per heavy atom. The van der Waals surface area contributed by atoms with E-state index in [1.165, 1.54) is 23.4 Å². The van der Waals surface area contributed by atoms with E-state index < -0.39 is 34.0 Å². The molecule has 1 saturated heterocycles. The summed E-state index contributed by atoms with van der Waals surface area (Å²) in [7, 11) is -3.77. The summed E-state index contributed by atoms with van der Waals surface area (Å²) in [4.78, 5) is 35.7. The summed E-state index contributed by atoms with van der Waals surface area (Å²) < 4.78 is 32.0. The summed E-state index contributed by atoms with van der Waals surface area (Å²) in [5.74, 6) is -1.79. The minimum atomic E-state index is -3.77. The van der Waals surface area contributed by atoms with Crippen molar-refractivity contribution in [1.82, 2.24) is 14.9 Å². The van der Waals surface area contributed by atoms with Crippen LogP contribution >= 0.6 is 11.6 Å². The Labute approximate surface area is 174 Å². The van der Waals surface area contributed by atoms with Gasteiger partial charge in [-0.1, -0.05) is 18.0 Å². The molecule has 9 nitrogen and oxygen atoms in total. The third-order valence-corrected chi connectivity index (χ3v) is 6.56. The monoisotopic (exact) mass is 445 g/mol. The zero-order valence-corrected chi connectivity index (χ0v) is 17.8. The van der Waals surface area contributed by atoms with Crippen molar-refractivity contribution < 1.29 is 27.5 Å². The van der Waals surface area contributed by atoms with Crippen LogP contribution in [0.15, 0.2) is 23.1 Å². The number of amides is 3. The molecule has 1 atom stereocenters. The van der Waals surface area contributed by atoms with Crippen LogP contribution in [-0.2, 0) is 19.6 Å². The fourth-order valence-corrected chi connectivity index (χ4v) is 4.51. The highest BCUT2D eigenvalue weighted by molar-refractivity contribution is 7.89. The number of benzene rings is 1. The number of nitrogens with one attached hydrogen (secondary N) is 2. The summed E-state index contributed by atoms with van der Waals surface area (Å²) in [6, 6.07) is 3.05. The van der Waals surface area contributed by atoms with Crippen LogP contribution in [0.1, 0.15) is 43.5 Å². The van der Waals surface area contributed by atoms with E-state index in [-0.39, 0.29) is 15.5 Å². The molecule has 0 bridgehead atoms. The number of urea groups is 1. The number of ether oxygens (including phenoxy) is 1. The van der Waals surface area contributed by atoms with E-state index in [0.717, 1.165) is 25.3 Å². The van der Waals surface area contributed by atoms with Crippen molar-refractivity contribution in [2.24, 2.45) is 0 Å². The Hall–Kier alpha value is -2.17. The quantitative estimate of drug-likeness (QED) is 0.645. The maximum atomic E-state index is 12.8. The Bertz CT molecular complexity index is 884. The smallest absolute Gasteiger partial charge is 0.340 e. The number of imide groups is 1. The van der Waals surface area contributed by atoms with E-state index >= 15 is 0 Å². The Kier molecular flexibility index (Phi) is 8.00. The Morgan fingerprint density at radius 2 is 1.86 bits per heavy atom. The number of esters is 1. The minimum Gasteiger partial charge on any atom is -0.449 e. The number of hydrogen-bond donors (Lipinski definition) is 2. The zero-order chi connectivity index (χ0) is 21.6. The molecular weight excluding hydrogens is 422 g/mol. The van der Waals surface area contributed by atoms with Crippen LogP contribution in [-0.4, -0.2) is 56.4 Å². The molecule has 0 aliphatic carbocycles. The van der Waals surface area contributed by atoms with E-state index in [1.807, 2.05) is 5.32 Å². The van der Waals surface area contributed by atoms with Crippen molar-refractivity contribution in [3.05, 3.63) is 28.8 Å². The summed E-state index contributed by atoms with van der Waals surface area (Å²) in [5.41, 5.74) is -0.178. The molecule has 160 valence electrons. The molecule has 1 fully saturated rings. The second-order valence-electron chi connectivity index (χ2n) is 6.50. The number of rotatable bonds is 6. The van der Waals surface area contributed by atoms with Crippen molar-refractivity contribution in [3.63, 3.8) is 0 Å². The summed E-state index contributed by atoms with van der Waals surface area (Å²) in [6.07, 6.45) is 1.24. The number of piperidine rings is 1. The first-order valence-electron chi connectivity index (χ1n) is 9.26. The molecule has 1 aromatic rings. The molecule has 0 unspecified atom stereocenters. The van der Waals surface area contributed by atoms with Gasteiger partial charge >= 0.3 is 12.0 Å². The van der Waals surface area contributed by atoms with Gasteiger partial charge in [-0.3, -0.25) is 10.1 Å². The molecule has 1 aliphatic heterocycles. The van der Waals surface area contributed by atoms with Crippen molar-refractivity contribution in [3.8, 4) is 0 Å². The van der Waals surface area contributed by atoms with Gasteiger partial charge in [0.25, 0.3) is 5.91 Å². The predicted molar refractivity (Wildman–Crippen MR) is 106 cm³/mol. The maximum absolute atomic E-state index is 12.8. The van der Waals surface area contributed by atoms with Gasteiger partial charge in [-0.05, 0) is 44.9 Å². The first-order chi connectivity index (χ1) is 13.7. The standard InChI is InChI=1S/C18H24ClN3O6S/c1-3-20-18(25)21-16(23)12(2)28-17(24)14-11-13(7-8-15(14)19)29(26,27)22-9-5-4-6-10-22/h7-8,11-12H,3-6,9-10H2,1-2H3,(H2,20,21,23,25)/t12-/m1/s1. The van der Waals surface area contributed by atoms with Gasteiger partial charge in [0, 0.05) is 19.6 Å². The van der Waals surface area contributed by atoms with Gasteiger partial charge in [0.05, 0.1) is 15.5 Å². The molecule has 29 heavy (non-hydrogen) atoms.